The lowest BCUT2D eigenvalue weighted by Crippen LogP contribution is -2.07. The van der Waals surface area contributed by atoms with E-state index in [1.54, 1.807) is 0 Å². The molecule has 0 saturated carbocycles. The second-order valence-electron chi connectivity index (χ2n) is 3.91. The quantitative estimate of drug-likeness (QED) is 0.601. The zero-order chi connectivity index (χ0) is 11.3. The van der Waals surface area contributed by atoms with Gasteiger partial charge < -0.3 is 11.1 Å². The van der Waals surface area contributed by atoms with Crippen molar-refractivity contribution in [2.45, 2.75) is 26.7 Å². The maximum absolute atomic E-state index is 5.69. The minimum absolute atomic E-state index is 0.218. The molecule has 84 valence electrons. The molecular weight excluding hydrogens is 212 g/mol. The number of aromatic nitrogens is 2. The molecule has 0 unspecified atom stereocenters. The molecule has 4 nitrogen and oxygen atoms in total. The second-order valence-corrected chi connectivity index (χ2v) is 4.24. The lowest BCUT2D eigenvalue weighted by molar-refractivity contribution is 0.567. The summed E-state index contributed by atoms with van der Waals surface area (Å²) in [6.45, 7) is 5.27. The third-order valence-electron chi connectivity index (χ3n) is 2.04. The molecule has 0 fully saturated rings. The fourth-order valence-electron chi connectivity index (χ4n) is 1.23. The number of rotatable bonds is 5. The van der Waals surface area contributed by atoms with E-state index in [0.717, 1.165) is 18.9 Å². The Labute approximate surface area is 95.3 Å². The highest BCUT2D eigenvalue weighted by atomic mass is 35.5. The summed E-state index contributed by atoms with van der Waals surface area (Å²) in [5, 5.41) is 3.37. The van der Waals surface area contributed by atoms with Crippen molar-refractivity contribution < 1.29 is 0 Å². The number of nitrogens with zero attached hydrogens (tertiary/aromatic N) is 2. The number of nitrogen functional groups attached to an aromatic ring is 1. The first kappa shape index (κ1) is 12.0. The average Bonchev–Trinajstić information content (AvgIpc) is 2.17. The van der Waals surface area contributed by atoms with E-state index >= 15 is 0 Å². The van der Waals surface area contributed by atoms with E-state index in [4.69, 9.17) is 17.3 Å². The Kier molecular flexibility index (Phi) is 4.62. The Bertz CT molecular complexity index is 314. The maximum Gasteiger partial charge on any atom is 0.224 e. The van der Waals surface area contributed by atoms with Crippen LogP contribution in [-0.2, 0) is 0 Å². The van der Waals surface area contributed by atoms with Crippen molar-refractivity contribution >= 4 is 23.1 Å². The Morgan fingerprint density at radius 1 is 1.53 bits per heavy atom. The normalized spacial score (nSPS) is 10.7. The van der Waals surface area contributed by atoms with Gasteiger partial charge in [0.25, 0.3) is 0 Å². The molecule has 15 heavy (non-hydrogen) atoms. The van der Waals surface area contributed by atoms with Gasteiger partial charge in [-0.05, 0) is 30.4 Å². The number of halogens is 1. The number of anilines is 2. The zero-order valence-electron chi connectivity index (χ0n) is 9.13. The first-order valence-corrected chi connectivity index (χ1v) is 5.49. The molecule has 5 heteroatoms. The van der Waals surface area contributed by atoms with Gasteiger partial charge in [0.2, 0.25) is 5.28 Å². The predicted molar refractivity (Wildman–Crippen MR) is 64.0 cm³/mol. The summed E-state index contributed by atoms with van der Waals surface area (Å²) < 4.78 is 0. The molecule has 0 aliphatic rings. The van der Waals surface area contributed by atoms with Crippen LogP contribution in [0.2, 0.25) is 5.28 Å². The minimum atomic E-state index is 0.218. The van der Waals surface area contributed by atoms with E-state index in [0.29, 0.717) is 11.5 Å². The Hall–Kier alpha value is -1.03. The monoisotopic (exact) mass is 228 g/mol. The highest BCUT2D eigenvalue weighted by Gasteiger charge is 2.02. The summed E-state index contributed by atoms with van der Waals surface area (Å²) in [6, 6.07) is 0. The zero-order valence-corrected chi connectivity index (χ0v) is 9.88. The van der Waals surface area contributed by atoms with Crippen LogP contribution >= 0.6 is 11.6 Å². The van der Waals surface area contributed by atoms with Crippen LogP contribution in [0, 0.1) is 5.92 Å². The van der Waals surface area contributed by atoms with Crippen molar-refractivity contribution in [2.75, 3.05) is 17.6 Å². The largest absolute Gasteiger partial charge is 0.394 e. The van der Waals surface area contributed by atoms with E-state index in [-0.39, 0.29) is 5.28 Å². The Morgan fingerprint density at radius 3 is 2.93 bits per heavy atom. The standard InChI is InChI=1S/C10H17ClN4/c1-7(2)4-3-5-13-9-8(12)6-14-10(11)15-9/h6-7H,3-5,12H2,1-2H3,(H,13,14,15). The van der Waals surface area contributed by atoms with Gasteiger partial charge in [0.05, 0.1) is 11.9 Å². The summed E-state index contributed by atoms with van der Waals surface area (Å²) in [7, 11) is 0. The molecule has 0 aliphatic carbocycles. The molecule has 1 rings (SSSR count). The van der Waals surface area contributed by atoms with Crippen molar-refractivity contribution in [3.05, 3.63) is 11.5 Å². The van der Waals surface area contributed by atoms with Crippen molar-refractivity contribution in [3.63, 3.8) is 0 Å². The fraction of sp³-hybridized carbons (Fsp3) is 0.600. The van der Waals surface area contributed by atoms with Crippen LogP contribution in [-0.4, -0.2) is 16.5 Å². The van der Waals surface area contributed by atoms with Gasteiger partial charge in [-0.2, -0.15) is 4.98 Å². The summed E-state index contributed by atoms with van der Waals surface area (Å²) in [5.74, 6) is 1.34. The number of hydrogen-bond donors (Lipinski definition) is 2. The molecule has 0 amide bonds. The van der Waals surface area contributed by atoms with E-state index < -0.39 is 0 Å². The summed E-state index contributed by atoms with van der Waals surface area (Å²) in [5.41, 5.74) is 6.22. The maximum atomic E-state index is 5.69. The smallest absolute Gasteiger partial charge is 0.224 e. The van der Waals surface area contributed by atoms with Gasteiger partial charge in [0.1, 0.15) is 0 Å². The van der Waals surface area contributed by atoms with Gasteiger partial charge in [0, 0.05) is 6.54 Å². The van der Waals surface area contributed by atoms with Gasteiger partial charge in [-0.15, -0.1) is 0 Å². The molecule has 1 aromatic heterocycles. The molecule has 3 N–H and O–H groups in total. The third-order valence-corrected chi connectivity index (χ3v) is 2.22. The van der Waals surface area contributed by atoms with Crippen molar-refractivity contribution in [1.29, 1.82) is 0 Å². The highest BCUT2D eigenvalue weighted by Crippen LogP contribution is 2.15. The SMILES string of the molecule is CC(C)CCCNc1nc(Cl)ncc1N. The lowest BCUT2D eigenvalue weighted by Gasteiger charge is -2.08. The predicted octanol–water partition coefficient (Wildman–Crippen LogP) is 2.56. The molecule has 0 aliphatic heterocycles. The van der Waals surface area contributed by atoms with Crippen LogP contribution in [0.3, 0.4) is 0 Å². The van der Waals surface area contributed by atoms with Crippen LogP contribution in [0.15, 0.2) is 6.20 Å². The van der Waals surface area contributed by atoms with Crippen molar-refractivity contribution in [1.82, 2.24) is 9.97 Å². The molecule has 0 saturated heterocycles. The molecule has 0 atom stereocenters. The lowest BCUT2D eigenvalue weighted by atomic mass is 10.1. The number of hydrogen-bond acceptors (Lipinski definition) is 4. The summed E-state index contributed by atoms with van der Waals surface area (Å²) in [6.07, 6.45) is 3.80. The average molecular weight is 229 g/mol. The van der Waals surface area contributed by atoms with Crippen LogP contribution in [0.4, 0.5) is 11.5 Å². The Balaban J connectivity index is 2.40. The Morgan fingerprint density at radius 2 is 2.27 bits per heavy atom. The summed E-state index contributed by atoms with van der Waals surface area (Å²) >= 11 is 5.66. The first-order chi connectivity index (χ1) is 7.09. The van der Waals surface area contributed by atoms with Gasteiger partial charge in [-0.3, -0.25) is 0 Å². The first-order valence-electron chi connectivity index (χ1n) is 5.11. The van der Waals surface area contributed by atoms with Crippen molar-refractivity contribution in [2.24, 2.45) is 5.92 Å². The van der Waals surface area contributed by atoms with E-state index in [2.05, 4.69) is 29.1 Å². The second kappa shape index (κ2) is 5.75. The number of nitrogens with one attached hydrogen (secondary N) is 1. The minimum Gasteiger partial charge on any atom is -0.394 e. The number of nitrogens with two attached hydrogens (primary N) is 1. The third kappa shape index (κ3) is 4.34. The molecule has 1 heterocycles. The van der Waals surface area contributed by atoms with E-state index in [1.807, 2.05) is 0 Å². The van der Waals surface area contributed by atoms with Gasteiger partial charge in [0.15, 0.2) is 5.82 Å². The van der Waals surface area contributed by atoms with E-state index in [1.165, 1.54) is 12.6 Å². The van der Waals surface area contributed by atoms with Gasteiger partial charge in [-0.25, -0.2) is 4.98 Å². The molecule has 0 aromatic carbocycles. The van der Waals surface area contributed by atoms with Crippen molar-refractivity contribution in [3.8, 4) is 0 Å². The topological polar surface area (TPSA) is 63.8 Å². The molecule has 0 bridgehead atoms. The fourth-order valence-corrected chi connectivity index (χ4v) is 1.36. The van der Waals surface area contributed by atoms with Gasteiger partial charge in [-0.1, -0.05) is 13.8 Å². The summed E-state index contributed by atoms with van der Waals surface area (Å²) in [4.78, 5) is 7.79. The van der Waals surface area contributed by atoms with Crippen LogP contribution in [0.5, 0.6) is 0 Å². The molecule has 1 aromatic rings. The highest BCUT2D eigenvalue weighted by molar-refractivity contribution is 6.28. The molecule has 0 spiro atoms. The van der Waals surface area contributed by atoms with Gasteiger partial charge >= 0.3 is 0 Å². The van der Waals surface area contributed by atoms with Crippen LogP contribution in [0.1, 0.15) is 26.7 Å². The van der Waals surface area contributed by atoms with E-state index in [9.17, 15) is 0 Å². The van der Waals surface area contributed by atoms with Crippen LogP contribution in [0.25, 0.3) is 0 Å². The molecular formula is C10H17ClN4. The molecule has 0 radical (unpaired) electrons. The van der Waals surface area contributed by atoms with Crippen LogP contribution < -0.4 is 11.1 Å².